The molecule has 2 atom stereocenters. The molecule has 1 nitrogen and oxygen atoms in total. The third-order valence-electron chi connectivity index (χ3n) is 3.56. The van der Waals surface area contributed by atoms with E-state index in [1.54, 1.807) is 25.1 Å². The van der Waals surface area contributed by atoms with Crippen molar-refractivity contribution in [3.8, 4) is 0 Å². The molecule has 1 N–H and O–H groups in total. The number of hydrogen-bond acceptors (Lipinski definition) is 1. The van der Waals surface area contributed by atoms with E-state index in [-0.39, 0.29) is 17.4 Å². The molecular formula is C17H18F3N. The SMILES string of the molecule is CCC(NC(C)c1cc(F)ccc1F)c1ccccc1F. The summed E-state index contributed by atoms with van der Waals surface area (Å²) in [5.74, 6) is -1.26. The molecule has 0 aliphatic rings. The third kappa shape index (κ3) is 3.64. The van der Waals surface area contributed by atoms with Gasteiger partial charge in [0, 0.05) is 23.2 Å². The minimum absolute atomic E-state index is 0.241. The Morgan fingerprint density at radius 1 is 0.952 bits per heavy atom. The van der Waals surface area contributed by atoms with Crippen LogP contribution in [0.25, 0.3) is 0 Å². The average Bonchev–Trinajstić information content (AvgIpc) is 2.48. The number of nitrogens with one attached hydrogen (secondary N) is 1. The maximum absolute atomic E-state index is 13.8. The molecule has 112 valence electrons. The molecule has 0 heterocycles. The summed E-state index contributed by atoms with van der Waals surface area (Å²) in [6.07, 6.45) is 0.641. The lowest BCUT2D eigenvalue weighted by Crippen LogP contribution is -2.25. The number of benzene rings is 2. The standard InChI is InChI=1S/C17H18F3N/c1-3-17(13-6-4-5-7-15(13)19)21-11(2)14-10-12(18)8-9-16(14)20/h4-11,17,21H,3H2,1-2H3. The van der Waals surface area contributed by atoms with Crippen LogP contribution >= 0.6 is 0 Å². The molecule has 2 aromatic carbocycles. The van der Waals surface area contributed by atoms with Gasteiger partial charge in [0.05, 0.1) is 0 Å². The minimum Gasteiger partial charge on any atom is -0.303 e. The normalized spacial score (nSPS) is 14.0. The fourth-order valence-electron chi connectivity index (χ4n) is 2.42. The summed E-state index contributed by atoms with van der Waals surface area (Å²) in [6, 6.07) is 9.15. The van der Waals surface area contributed by atoms with Crippen molar-refractivity contribution < 1.29 is 13.2 Å². The van der Waals surface area contributed by atoms with Gasteiger partial charge in [0.15, 0.2) is 0 Å². The summed E-state index contributed by atoms with van der Waals surface area (Å²) < 4.78 is 40.9. The summed E-state index contributed by atoms with van der Waals surface area (Å²) in [7, 11) is 0. The Kier molecular flexibility index (Phi) is 5.02. The van der Waals surface area contributed by atoms with Gasteiger partial charge in [-0.25, -0.2) is 13.2 Å². The molecule has 2 unspecified atom stereocenters. The Balaban J connectivity index is 2.22. The van der Waals surface area contributed by atoms with Gasteiger partial charge >= 0.3 is 0 Å². The molecule has 0 aliphatic carbocycles. The smallest absolute Gasteiger partial charge is 0.128 e. The molecule has 0 aromatic heterocycles. The van der Waals surface area contributed by atoms with Gasteiger partial charge < -0.3 is 5.32 Å². The number of halogens is 3. The molecule has 0 aliphatic heterocycles. The summed E-state index contributed by atoms with van der Waals surface area (Å²) in [6.45, 7) is 3.65. The van der Waals surface area contributed by atoms with E-state index in [1.807, 2.05) is 6.92 Å². The first kappa shape index (κ1) is 15.6. The Morgan fingerprint density at radius 3 is 2.29 bits per heavy atom. The lowest BCUT2D eigenvalue weighted by molar-refractivity contribution is 0.427. The van der Waals surface area contributed by atoms with Gasteiger partial charge in [-0.2, -0.15) is 0 Å². The first-order valence-corrected chi connectivity index (χ1v) is 6.98. The molecule has 0 fully saturated rings. The van der Waals surface area contributed by atoms with E-state index >= 15 is 0 Å². The first-order valence-electron chi connectivity index (χ1n) is 6.98. The maximum Gasteiger partial charge on any atom is 0.128 e. The van der Waals surface area contributed by atoms with Crippen LogP contribution in [0.2, 0.25) is 0 Å². The van der Waals surface area contributed by atoms with Crippen molar-refractivity contribution in [2.75, 3.05) is 0 Å². The monoisotopic (exact) mass is 293 g/mol. The van der Waals surface area contributed by atoms with Gasteiger partial charge in [-0.05, 0) is 37.6 Å². The van der Waals surface area contributed by atoms with Crippen LogP contribution in [0.4, 0.5) is 13.2 Å². The zero-order valence-corrected chi connectivity index (χ0v) is 12.0. The van der Waals surface area contributed by atoms with Gasteiger partial charge in [-0.15, -0.1) is 0 Å². The van der Waals surface area contributed by atoms with Gasteiger partial charge in [0.2, 0.25) is 0 Å². The summed E-state index contributed by atoms with van der Waals surface area (Å²) in [5.41, 5.74) is 0.772. The van der Waals surface area contributed by atoms with Crippen molar-refractivity contribution in [1.29, 1.82) is 0 Å². The molecule has 0 saturated carbocycles. The number of hydrogen-bond donors (Lipinski definition) is 1. The number of rotatable bonds is 5. The Hall–Kier alpha value is -1.81. The van der Waals surface area contributed by atoms with Crippen molar-refractivity contribution in [3.63, 3.8) is 0 Å². The highest BCUT2D eigenvalue weighted by molar-refractivity contribution is 5.24. The molecule has 2 aromatic rings. The van der Waals surface area contributed by atoms with Gasteiger partial charge in [0.1, 0.15) is 17.5 Å². The van der Waals surface area contributed by atoms with E-state index in [4.69, 9.17) is 0 Å². The summed E-state index contributed by atoms with van der Waals surface area (Å²) >= 11 is 0. The van der Waals surface area contributed by atoms with Crippen LogP contribution in [0, 0.1) is 17.5 Å². The van der Waals surface area contributed by atoms with Gasteiger partial charge in [-0.1, -0.05) is 25.1 Å². The molecule has 21 heavy (non-hydrogen) atoms. The van der Waals surface area contributed by atoms with Crippen LogP contribution in [0.5, 0.6) is 0 Å². The van der Waals surface area contributed by atoms with Crippen LogP contribution in [0.3, 0.4) is 0 Å². The highest BCUT2D eigenvalue weighted by atomic mass is 19.1. The van der Waals surface area contributed by atoms with E-state index in [1.165, 1.54) is 12.1 Å². The van der Waals surface area contributed by atoms with Crippen molar-refractivity contribution in [2.45, 2.75) is 32.4 Å². The van der Waals surface area contributed by atoms with E-state index in [0.717, 1.165) is 12.1 Å². The quantitative estimate of drug-likeness (QED) is 0.826. The predicted molar refractivity (Wildman–Crippen MR) is 77.3 cm³/mol. The van der Waals surface area contributed by atoms with Crippen molar-refractivity contribution >= 4 is 0 Å². The molecule has 0 saturated heterocycles. The zero-order valence-electron chi connectivity index (χ0n) is 12.0. The van der Waals surface area contributed by atoms with Crippen LogP contribution in [-0.4, -0.2) is 0 Å². The van der Waals surface area contributed by atoms with E-state index in [0.29, 0.717) is 12.0 Å². The lowest BCUT2D eigenvalue weighted by atomic mass is 10.0. The summed E-state index contributed by atoms with van der Waals surface area (Å²) in [5, 5.41) is 3.16. The first-order chi connectivity index (χ1) is 10.0. The second kappa shape index (κ2) is 6.76. The molecule has 2 rings (SSSR count). The van der Waals surface area contributed by atoms with Crippen molar-refractivity contribution in [3.05, 3.63) is 71.0 Å². The fourth-order valence-corrected chi connectivity index (χ4v) is 2.42. The van der Waals surface area contributed by atoms with E-state index < -0.39 is 17.7 Å². The van der Waals surface area contributed by atoms with Crippen LogP contribution in [-0.2, 0) is 0 Å². The van der Waals surface area contributed by atoms with E-state index in [9.17, 15) is 13.2 Å². The van der Waals surface area contributed by atoms with Gasteiger partial charge in [0.25, 0.3) is 0 Å². The Morgan fingerprint density at radius 2 is 1.62 bits per heavy atom. The minimum atomic E-state index is -0.487. The van der Waals surface area contributed by atoms with Crippen molar-refractivity contribution in [1.82, 2.24) is 5.32 Å². The molecule has 0 amide bonds. The van der Waals surface area contributed by atoms with Crippen LogP contribution < -0.4 is 5.32 Å². The topological polar surface area (TPSA) is 12.0 Å². The van der Waals surface area contributed by atoms with Crippen LogP contribution in [0.1, 0.15) is 43.5 Å². The highest BCUT2D eigenvalue weighted by Gasteiger charge is 2.19. The predicted octanol–water partition coefficient (Wildman–Crippen LogP) is 4.91. The largest absolute Gasteiger partial charge is 0.303 e. The Bertz CT molecular complexity index is 613. The maximum atomic E-state index is 13.8. The molecular weight excluding hydrogens is 275 g/mol. The molecule has 0 spiro atoms. The lowest BCUT2D eigenvalue weighted by Gasteiger charge is -2.23. The zero-order chi connectivity index (χ0) is 15.4. The van der Waals surface area contributed by atoms with Crippen LogP contribution in [0.15, 0.2) is 42.5 Å². The third-order valence-corrected chi connectivity index (χ3v) is 3.56. The van der Waals surface area contributed by atoms with E-state index in [2.05, 4.69) is 5.32 Å². The fraction of sp³-hybridized carbons (Fsp3) is 0.294. The van der Waals surface area contributed by atoms with Gasteiger partial charge in [-0.3, -0.25) is 0 Å². The second-order valence-corrected chi connectivity index (χ2v) is 5.04. The molecule has 0 radical (unpaired) electrons. The molecule has 0 bridgehead atoms. The second-order valence-electron chi connectivity index (χ2n) is 5.04. The molecule has 4 heteroatoms. The average molecular weight is 293 g/mol. The highest BCUT2D eigenvalue weighted by Crippen LogP contribution is 2.25. The summed E-state index contributed by atoms with van der Waals surface area (Å²) in [4.78, 5) is 0. The Labute approximate surface area is 122 Å². The van der Waals surface area contributed by atoms with Crippen molar-refractivity contribution in [2.24, 2.45) is 0 Å².